The average Bonchev–Trinajstić information content (AvgIpc) is 3.29. The van der Waals surface area contributed by atoms with Crippen molar-refractivity contribution in [3.8, 4) is 0 Å². The van der Waals surface area contributed by atoms with E-state index < -0.39 is 39.9 Å². The number of benzene rings is 1. The molecule has 2 aliphatic rings. The number of alkyl carbamates (subject to hydrolysis) is 1. The molecule has 1 aliphatic carbocycles. The molecule has 8 heteroatoms. The Labute approximate surface area is 202 Å². The zero-order valence-corrected chi connectivity index (χ0v) is 20.6. The fourth-order valence-corrected chi connectivity index (χ4v) is 4.89. The molecule has 2 fully saturated rings. The molecule has 1 aromatic carbocycles. The number of ether oxygens (including phenoxy) is 1. The highest BCUT2D eigenvalue weighted by atomic mass is 16.6. The Kier molecular flexibility index (Phi) is 8.47. The van der Waals surface area contributed by atoms with Gasteiger partial charge in [-0.15, -0.1) is 0 Å². The van der Waals surface area contributed by atoms with Gasteiger partial charge in [0.25, 0.3) is 0 Å². The van der Waals surface area contributed by atoms with Crippen LogP contribution in [0.5, 0.6) is 0 Å². The van der Waals surface area contributed by atoms with Crippen LogP contribution in [0, 0.1) is 0 Å². The number of likely N-dealkylation sites (tertiary alicyclic amines) is 1. The lowest BCUT2D eigenvalue weighted by molar-refractivity contribution is -0.762. The summed E-state index contributed by atoms with van der Waals surface area (Å²) in [7, 11) is 0. The Morgan fingerprint density at radius 3 is 2.18 bits per heavy atom. The Balaban J connectivity index is 1.83. The van der Waals surface area contributed by atoms with Crippen molar-refractivity contribution in [1.29, 1.82) is 0 Å². The van der Waals surface area contributed by atoms with Gasteiger partial charge >= 0.3 is 23.8 Å². The van der Waals surface area contributed by atoms with Crippen LogP contribution in [0.15, 0.2) is 30.3 Å². The van der Waals surface area contributed by atoms with Crippen LogP contribution in [0.25, 0.3) is 0 Å². The van der Waals surface area contributed by atoms with Crippen molar-refractivity contribution in [2.45, 2.75) is 89.8 Å². The van der Waals surface area contributed by atoms with Gasteiger partial charge in [0.15, 0.2) is 6.04 Å². The van der Waals surface area contributed by atoms with Crippen LogP contribution < -0.4 is 10.6 Å². The maximum absolute atomic E-state index is 13.9. The lowest BCUT2D eigenvalue weighted by Crippen LogP contribution is -2.66. The molecule has 34 heavy (non-hydrogen) atoms. The summed E-state index contributed by atoms with van der Waals surface area (Å²) in [6, 6.07) is 8.28. The quantitative estimate of drug-likeness (QED) is 0.506. The second kappa shape index (κ2) is 11.1. The van der Waals surface area contributed by atoms with Gasteiger partial charge < -0.3 is 15.4 Å². The zero-order valence-electron chi connectivity index (χ0n) is 20.6. The number of quaternary nitrogens is 1. The van der Waals surface area contributed by atoms with E-state index in [1.807, 2.05) is 30.3 Å². The molecule has 1 unspecified atom stereocenters. The summed E-state index contributed by atoms with van der Waals surface area (Å²) in [5.41, 5.74) is 0.105. The number of carbonyl (C=O) groups excluding carboxylic acids is 4. The number of hydrogen-bond donors (Lipinski definition) is 2. The minimum Gasteiger partial charge on any atom is -0.444 e. The molecule has 8 nitrogen and oxygen atoms in total. The molecular weight excluding hydrogens is 434 g/mol. The van der Waals surface area contributed by atoms with Gasteiger partial charge in [0.2, 0.25) is 0 Å². The monoisotopic (exact) mass is 472 g/mol. The van der Waals surface area contributed by atoms with Crippen LogP contribution in [0.3, 0.4) is 0 Å². The molecule has 1 aromatic rings. The highest BCUT2D eigenvalue weighted by Gasteiger charge is 2.53. The minimum atomic E-state index is -0.998. The summed E-state index contributed by atoms with van der Waals surface area (Å²) in [4.78, 5) is 52.9. The van der Waals surface area contributed by atoms with Gasteiger partial charge in [-0.2, -0.15) is 4.48 Å². The van der Waals surface area contributed by atoms with E-state index in [-0.39, 0.29) is 25.6 Å². The van der Waals surface area contributed by atoms with Crippen molar-refractivity contribution in [2.24, 2.45) is 0 Å². The molecule has 0 spiro atoms. The fourth-order valence-electron chi connectivity index (χ4n) is 4.89. The van der Waals surface area contributed by atoms with Crippen LogP contribution in [0.4, 0.5) is 4.79 Å². The van der Waals surface area contributed by atoms with Gasteiger partial charge in [0.1, 0.15) is 5.60 Å². The third-order valence-corrected chi connectivity index (χ3v) is 6.55. The van der Waals surface area contributed by atoms with Crippen molar-refractivity contribution in [2.75, 3.05) is 13.1 Å². The predicted octanol–water partition coefficient (Wildman–Crippen LogP) is 3.24. The lowest BCUT2D eigenvalue weighted by atomic mass is 9.95. The summed E-state index contributed by atoms with van der Waals surface area (Å²) >= 11 is 0. The van der Waals surface area contributed by atoms with Crippen LogP contribution >= 0.6 is 0 Å². The van der Waals surface area contributed by atoms with E-state index in [0.717, 1.165) is 37.7 Å². The number of carbonyl (C=O) groups is 4. The molecule has 1 aliphatic heterocycles. The second-order valence-corrected chi connectivity index (χ2v) is 10.5. The molecule has 1 atom stereocenters. The van der Waals surface area contributed by atoms with E-state index in [1.54, 1.807) is 20.8 Å². The topological polar surface area (TPSA) is 102 Å². The number of imide groups is 1. The Bertz CT molecular complexity index is 881. The summed E-state index contributed by atoms with van der Waals surface area (Å²) in [6.45, 7) is 5.75. The van der Waals surface area contributed by atoms with Crippen LogP contribution in [0.1, 0.15) is 71.3 Å². The first-order valence-corrected chi connectivity index (χ1v) is 12.4. The van der Waals surface area contributed by atoms with Gasteiger partial charge in [-0.05, 0) is 39.2 Å². The number of nitrogens with zero attached hydrogens (tertiary/aromatic N) is 1. The van der Waals surface area contributed by atoms with E-state index in [0.29, 0.717) is 12.8 Å². The smallest absolute Gasteiger partial charge is 0.411 e. The van der Waals surface area contributed by atoms with Crippen LogP contribution in [-0.2, 0) is 25.5 Å². The molecule has 0 aromatic heterocycles. The van der Waals surface area contributed by atoms with E-state index in [2.05, 4.69) is 10.6 Å². The first-order chi connectivity index (χ1) is 16.1. The van der Waals surface area contributed by atoms with Crippen LogP contribution in [0.2, 0.25) is 0 Å². The standard InChI is InChI=1S/C26H37N3O5/c1-26(2,3)34-25(33)28-21(18-19-12-6-4-7-13-19)23(31)29(16-10-11-17-29)24(32)22(30)27-20-14-8-5-9-15-20/h4,6-7,12-13,20-21H,5,8-11,14-18H2,1-3H3,(H-,27,28,30,33)/p+1. The molecular formula is C26H38N3O5+. The summed E-state index contributed by atoms with van der Waals surface area (Å²) in [5.74, 6) is -1.88. The van der Waals surface area contributed by atoms with Crippen molar-refractivity contribution in [3.63, 3.8) is 0 Å². The first kappa shape index (κ1) is 25.9. The molecule has 0 bridgehead atoms. The largest absolute Gasteiger partial charge is 0.444 e. The Morgan fingerprint density at radius 2 is 1.59 bits per heavy atom. The third kappa shape index (κ3) is 6.65. The van der Waals surface area contributed by atoms with Crippen LogP contribution in [-0.4, -0.2) is 59.1 Å². The van der Waals surface area contributed by atoms with Crippen molar-refractivity contribution in [3.05, 3.63) is 35.9 Å². The van der Waals surface area contributed by atoms with E-state index in [9.17, 15) is 19.2 Å². The highest BCUT2D eigenvalue weighted by Crippen LogP contribution is 2.25. The molecule has 186 valence electrons. The summed E-state index contributed by atoms with van der Waals surface area (Å²) in [5, 5.41) is 5.56. The Morgan fingerprint density at radius 1 is 0.971 bits per heavy atom. The number of rotatable bonds is 5. The van der Waals surface area contributed by atoms with E-state index >= 15 is 0 Å². The van der Waals surface area contributed by atoms with Crippen molar-refractivity contribution >= 4 is 23.8 Å². The van der Waals surface area contributed by atoms with E-state index in [1.165, 1.54) is 0 Å². The van der Waals surface area contributed by atoms with Gasteiger partial charge in [0.05, 0.1) is 13.1 Å². The predicted molar refractivity (Wildman–Crippen MR) is 128 cm³/mol. The lowest BCUT2D eigenvalue weighted by Gasteiger charge is -2.32. The fraction of sp³-hybridized carbons (Fsp3) is 0.615. The molecule has 1 saturated carbocycles. The number of hydrogen-bond acceptors (Lipinski definition) is 5. The average molecular weight is 473 g/mol. The number of amides is 4. The maximum atomic E-state index is 13.9. The summed E-state index contributed by atoms with van der Waals surface area (Å²) in [6.07, 6.45) is 5.70. The summed E-state index contributed by atoms with van der Waals surface area (Å²) < 4.78 is 4.82. The molecule has 2 N–H and O–H groups in total. The molecule has 3 rings (SSSR count). The zero-order chi connectivity index (χ0) is 24.8. The minimum absolute atomic E-state index is 0.0250. The first-order valence-electron chi connectivity index (χ1n) is 12.4. The number of nitrogens with one attached hydrogen (secondary N) is 2. The van der Waals surface area contributed by atoms with Gasteiger partial charge in [-0.25, -0.2) is 14.4 Å². The molecule has 4 amide bonds. The second-order valence-electron chi connectivity index (χ2n) is 10.5. The van der Waals surface area contributed by atoms with Crippen molar-refractivity contribution < 1.29 is 28.4 Å². The molecule has 1 heterocycles. The normalized spacial score (nSPS) is 19.1. The maximum Gasteiger partial charge on any atom is 0.411 e. The molecule has 0 radical (unpaired) electrons. The third-order valence-electron chi connectivity index (χ3n) is 6.55. The van der Waals surface area contributed by atoms with Gasteiger partial charge in [-0.1, -0.05) is 49.6 Å². The van der Waals surface area contributed by atoms with Gasteiger partial charge in [0, 0.05) is 25.3 Å². The van der Waals surface area contributed by atoms with Gasteiger partial charge in [-0.3, -0.25) is 4.79 Å². The van der Waals surface area contributed by atoms with Crippen molar-refractivity contribution in [1.82, 2.24) is 10.6 Å². The van der Waals surface area contributed by atoms with E-state index in [4.69, 9.17) is 4.74 Å². The molecule has 1 saturated heterocycles. The highest BCUT2D eigenvalue weighted by molar-refractivity contribution is 6.33. The SMILES string of the molecule is CC(C)(C)OC(=O)NC(Cc1ccccc1)C(=O)[N+]1(C(=O)C(=O)NC2CCCCC2)CCCC1. The Hall–Kier alpha value is -2.74.